The Balaban J connectivity index is 2.04. The highest BCUT2D eigenvalue weighted by Crippen LogP contribution is 2.38. The molecule has 0 N–H and O–H groups in total. The highest BCUT2D eigenvalue weighted by molar-refractivity contribution is 6.11. The average molecular weight is 264 g/mol. The van der Waals surface area contributed by atoms with Crippen molar-refractivity contribution >= 4 is 5.78 Å². The monoisotopic (exact) mass is 264 g/mol. The van der Waals surface area contributed by atoms with E-state index in [-0.39, 0.29) is 5.78 Å². The number of carbonyl (C=O) groups is 1. The lowest BCUT2D eigenvalue weighted by Crippen LogP contribution is -2.15. The molecule has 1 nitrogen and oxygen atoms in total. The summed E-state index contributed by atoms with van der Waals surface area (Å²) in [7, 11) is 0. The van der Waals surface area contributed by atoms with Crippen molar-refractivity contribution in [3.63, 3.8) is 0 Å². The molecule has 2 aromatic carbocycles. The maximum absolute atomic E-state index is 12.9. The van der Waals surface area contributed by atoms with E-state index in [1.807, 2.05) is 44.2 Å². The zero-order valence-electron chi connectivity index (χ0n) is 12.1. The Morgan fingerprint density at radius 1 is 1.00 bits per heavy atom. The fourth-order valence-electron chi connectivity index (χ4n) is 2.90. The van der Waals surface area contributed by atoms with Gasteiger partial charge in [0.1, 0.15) is 0 Å². The number of ketones is 1. The van der Waals surface area contributed by atoms with E-state index < -0.39 is 0 Å². The smallest absolute Gasteiger partial charge is 0.193 e. The highest BCUT2D eigenvalue weighted by atomic mass is 16.1. The summed E-state index contributed by atoms with van der Waals surface area (Å²) < 4.78 is 0. The lowest BCUT2D eigenvalue weighted by molar-refractivity contribution is 0.103. The number of carbonyl (C=O) groups excluding carboxylic acids is 1. The first kappa shape index (κ1) is 13.1. The molecule has 1 saturated carbocycles. The summed E-state index contributed by atoms with van der Waals surface area (Å²) in [6.07, 6.45) is 3.73. The largest absolute Gasteiger partial charge is 0.289 e. The Bertz CT molecular complexity index is 651. The van der Waals surface area contributed by atoms with Gasteiger partial charge < -0.3 is 0 Å². The molecule has 0 aromatic heterocycles. The molecule has 0 bridgehead atoms. The maximum atomic E-state index is 12.9. The van der Waals surface area contributed by atoms with Crippen LogP contribution in [0.1, 0.15) is 57.8 Å². The predicted molar refractivity (Wildman–Crippen MR) is 82.4 cm³/mol. The Labute approximate surface area is 120 Å². The third-order valence-electron chi connectivity index (χ3n) is 4.39. The van der Waals surface area contributed by atoms with Crippen molar-refractivity contribution in [2.75, 3.05) is 0 Å². The minimum atomic E-state index is 0.175. The van der Waals surface area contributed by atoms with Crippen LogP contribution in [0.5, 0.6) is 0 Å². The van der Waals surface area contributed by atoms with Gasteiger partial charge in [-0.1, -0.05) is 48.4 Å². The second-order valence-electron chi connectivity index (χ2n) is 5.86. The topological polar surface area (TPSA) is 17.1 Å². The van der Waals surface area contributed by atoms with Crippen LogP contribution < -0.4 is 0 Å². The third kappa shape index (κ3) is 2.29. The Hall–Kier alpha value is -1.89. The van der Waals surface area contributed by atoms with Crippen molar-refractivity contribution in [3.8, 4) is 0 Å². The third-order valence-corrected chi connectivity index (χ3v) is 4.39. The number of benzene rings is 2. The zero-order valence-corrected chi connectivity index (χ0v) is 12.1. The molecule has 0 amide bonds. The van der Waals surface area contributed by atoms with E-state index in [1.165, 1.54) is 24.8 Å². The van der Waals surface area contributed by atoms with Gasteiger partial charge in [-0.15, -0.1) is 0 Å². The minimum absolute atomic E-state index is 0.175. The quantitative estimate of drug-likeness (QED) is 0.728. The van der Waals surface area contributed by atoms with E-state index in [2.05, 4.69) is 12.1 Å². The fraction of sp³-hybridized carbons (Fsp3) is 0.316. The van der Waals surface area contributed by atoms with Gasteiger partial charge >= 0.3 is 0 Å². The second-order valence-corrected chi connectivity index (χ2v) is 5.86. The van der Waals surface area contributed by atoms with E-state index in [1.54, 1.807) is 0 Å². The van der Waals surface area contributed by atoms with Crippen LogP contribution in [0.2, 0.25) is 0 Å². The molecule has 1 heteroatoms. The van der Waals surface area contributed by atoms with Crippen LogP contribution >= 0.6 is 0 Å². The molecule has 0 unspecified atom stereocenters. The van der Waals surface area contributed by atoms with Crippen molar-refractivity contribution in [2.24, 2.45) is 0 Å². The lowest BCUT2D eigenvalue weighted by atomic mass is 9.77. The minimum Gasteiger partial charge on any atom is -0.289 e. The zero-order chi connectivity index (χ0) is 14.1. The average Bonchev–Trinajstić information content (AvgIpc) is 2.39. The molecule has 1 fully saturated rings. The molecule has 2 aromatic rings. The summed E-state index contributed by atoms with van der Waals surface area (Å²) in [6.45, 7) is 4.05. The van der Waals surface area contributed by atoms with Gasteiger partial charge in [-0.05, 0) is 49.8 Å². The number of aryl methyl sites for hydroxylation is 2. The first-order valence-corrected chi connectivity index (χ1v) is 7.37. The van der Waals surface area contributed by atoms with Crippen LogP contribution in [-0.2, 0) is 0 Å². The summed E-state index contributed by atoms with van der Waals surface area (Å²) >= 11 is 0. The van der Waals surface area contributed by atoms with Gasteiger partial charge in [0.25, 0.3) is 0 Å². The van der Waals surface area contributed by atoms with E-state index in [9.17, 15) is 4.79 Å². The van der Waals surface area contributed by atoms with Gasteiger partial charge in [0.05, 0.1) is 0 Å². The van der Waals surface area contributed by atoms with Gasteiger partial charge in [-0.3, -0.25) is 4.79 Å². The van der Waals surface area contributed by atoms with E-state index in [0.717, 1.165) is 22.3 Å². The Morgan fingerprint density at radius 3 is 2.45 bits per heavy atom. The van der Waals surface area contributed by atoms with Crippen LogP contribution in [0, 0.1) is 13.8 Å². The van der Waals surface area contributed by atoms with Crippen molar-refractivity contribution in [3.05, 3.63) is 70.3 Å². The molecule has 20 heavy (non-hydrogen) atoms. The number of hydrogen-bond donors (Lipinski definition) is 0. The van der Waals surface area contributed by atoms with Crippen LogP contribution in [0.15, 0.2) is 42.5 Å². The molecule has 0 atom stereocenters. The van der Waals surface area contributed by atoms with Gasteiger partial charge in [0.15, 0.2) is 5.78 Å². The predicted octanol–water partition coefficient (Wildman–Crippen LogP) is 4.80. The number of rotatable bonds is 3. The van der Waals surface area contributed by atoms with Crippen LogP contribution in [0.3, 0.4) is 0 Å². The molecular formula is C19H20O. The van der Waals surface area contributed by atoms with Crippen molar-refractivity contribution in [1.29, 1.82) is 0 Å². The lowest BCUT2D eigenvalue weighted by Gasteiger charge is -2.27. The molecule has 0 spiro atoms. The van der Waals surface area contributed by atoms with Crippen molar-refractivity contribution < 1.29 is 4.79 Å². The summed E-state index contributed by atoms with van der Waals surface area (Å²) in [5, 5.41) is 0. The van der Waals surface area contributed by atoms with Crippen LogP contribution in [0.4, 0.5) is 0 Å². The Kier molecular flexibility index (Phi) is 3.43. The molecule has 1 aliphatic carbocycles. The number of hydrogen-bond acceptors (Lipinski definition) is 1. The summed E-state index contributed by atoms with van der Waals surface area (Å²) in [4.78, 5) is 12.9. The highest BCUT2D eigenvalue weighted by Gasteiger charge is 2.25. The van der Waals surface area contributed by atoms with Crippen molar-refractivity contribution in [1.82, 2.24) is 0 Å². The first-order chi connectivity index (χ1) is 9.66. The van der Waals surface area contributed by atoms with Gasteiger partial charge in [-0.2, -0.15) is 0 Å². The van der Waals surface area contributed by atoms with Gasteiger partial charge in [0.2, 0.25) is 0 Å². The first-order valence-electron chi connectivity index (χ1n) is 7.37. The second kappa shape index (κ2) is 5.24. The molecule has 0 heterocycles. The van der Waals surface area contributed by atoms with E-state index in [4.69, 9.17) is 0 Å². The molecule has 0 saturated heterocycles. The molecule has 0 radical (unpaired) electrons. The maximum Gasteiger partial charge on any atom is 0.193 e. The van der Waals surface area contributed by atoms with E-state index in [0.29, 0.717) is 5.92 Å². The SMILES string of the molecule is Cc1ccc(C)c(C(=O)c2ccccc2C2CCC2)c1. The van der Waals surface area contributed by atoms with Crippen molar-refractivity contribution in [2.45, 2.75) is 39.0 Å². The molecule has 1 aliphatic rings. The standard InChI is InChI=1S/C19H20O/c1-13-10-11-14(2)18(12-13)19(20)17-9-4-3-8-16(17)15-6-5-7-15/h3-4,8-12,15H,5-7H2,1-2H3. The van der Waals surface area contributed by atoms with E-state index >= 15 is 0 Å². The van der Waals surface area contributed by atoms with Gasteiger partial charge in [0, 0.05) is 11.1 Å². The summed E-state index contributed by atoms with van der Waals surface area (Å²) in [5.74, 6) is 0.758. The normalized spacial score (nSPS) is 14.9. The Morgan fingerprint density at radius 2 is 1.75 bits per heavy atom. The summed E-state index contributed by atoms with van der Waals surface area (Å²) in [6, 6.07) is 14.2. The molecule has 3 rings (SSSR count). The fourth-order valence-corrected chi connectivity index (χ4v) is 2.90. The molecule has 0 aliphatic heterocycles. The molecule has 102 valence electrons. The summed E-state index contributed by atoms with van der Waals surface area (Å²) in [5.41, 5.74) is 5.18. The van der Waals surface area contributed by atoms with Crippen LogP contribution in [0.25, 0.3) is 0 Å². The van der Waals surface area contributed by atoms with Crippen LogP contribution in [-0.4, -0.2) is 5.78 Å². The van der Waals surface area contributed by atoms with Gasteiger partial charge in [-0.25, -0.2) is 0 Å². The molecular weight excluding hydrogens is 244 g/mol.